The number of carbonyl (C=O) groups is 1. The third kappa shape index (κ3) is 3.92. The summed E-state index contributed by atoms with van der Waals surface area (Å²) in [5.41, 5.74) is 2.97. The Bertz CT molecular complexity index is 929. The minimum Gasteiger partial charge on any atom is -0.361 e. The van der Waals surface area contributed by atoms with Crippen molar-refractivity contribution in [3.63, 3.8) is 0 Å². The second kappa shape index (κ2) is 7.90. The fraction of sp³-hybridized carbons (Fsp3) is 0.250. The summed E-state index contributed by atoms with van der Waals surface area (Å²) in [6.45, 7) is 1.94. The first-order valence-corrected chi connectivity index (χ1v) is 8.61. The molecule has 0 saturated carbocycles. The van der Waals surface area contributed by atoms with Gasteiger partial charge in [-0.05, 0) is 25.1 Å². The zero-order valence-corrected chi connectivity index (χ0v) is 15.9. The maximum absolute atomic E-state index is 13.0. The Hall–Kier alpha value is -3.35. The van der Waals surface area contributed by atoms with Crippen LogP contribution >= 0.6 is 0 Å². The van der Waals surface area contributed by atoms with Crippen LogP contribution in [-0.2, 0) is 0 Å². The van der Waals surface area contributed by atoms with Crippen molar-refractivity contribution in [2.45, 2.75) is 13.0 Å². The second-order valence-electron chi connectivity index (χ2n) is 6.43. The van der Waals surface area contributed by atoms with Gasteiger partial charge in [0.1, 0.15) is 12.0 Å². The van der Waals surface area contributed by atoms with E-state index in [0.717, 1.165) is 22.8 Å². The van der Waals surface area contributed by atoms with Crippen molar-refractivity contribution < 1.29 is 4.79 Å². The summed E-state index contributed by atoms with van der Waals surface area (Å²) in [7, 11) is 5.61. The number of carbonyl (C=O) groups excluding carboxylic acids is 1. The van der Waals surface area contributed by atoms with Crippen LogP contribution in [0.2, 0.25) is 0 Å². The summed E-state index contributed by atoms with van der Waals surface area (Å²) in [5, 5.41) is 0. The molecule has 0 spiro atoms. The van der Waals surface area contributed by atoms with E-state index in [1.807, 2.05) is 50.2 Å². The topological polar surface area (TPSA) is 75.1 Å². The van der Waals surface area contributed by atoms with Gasteiger partial charge >= 0.3 is 0 Å². The molecule has 27 heavy (non-hydrogen) atoms. The maximum atomic E-state index is 13.0. The predicted molar refractivity (Wildman–Crippen MR) is 104 cm³/mol. The van der Waals surface area contributed by atoms with E-state index in [2.05, 4.69) is 19.9 Å². The average molecular weight is 362 g/mol. The van der Waals surface area contributed by atoms with E-state index in [1.54, 1.807) is 36.6 Å². The minimum absolute atomic E-state index is 0.0849. The summed E-state index contributed by atoms with van der Waals surface area (Å²) < 4.78 is 0. The number of amides is 1. The Labute approximate surface area is 158 Å². The molecular formula is C20H22N6O. The lowest BCUT2D eigenvalue weighted by Crippen LogP contribution is -2.30. The van der Waals surface area contributed by atoms with Crippen molar-refractivity contribution in [3.8, 4) is 11.3 Å². The summed E-state index contributed by atoms with van der Waals surface area (Å²) in [4.78, 5) is 33.6. The van der Waals surface area contributed by atoms with Gasteiger partial charge in [-0.2, -0.15) is 0 Å². The van der Waals surface area contributed by atoms with E-state index in [1.165, 1.54) is 6.33 Å². The number of hydrogen-bond donors (Lipinski definition) is 0. The quantitative estimate of drug-likeness (QED) is 0.695. The van der Waals surface area contributed by atoms with E-state index in [4.69, 9.17) is 0 Å². The number of anilines is 1. The Morgan fingerprint density at radius 3 is 2.48 bits per heavy atom. The lowest BCUT2D eigenvalue weighted by atomic mass is 10.1. The highest BCUT2D eigenvalue weighted by Crippen LogP contribution is 2.27. The maximum Gasteiger partial charge on any atom is 0.254 e. The highest BCUT2D eigenvalue weighted by Gasteiger charge is 2.20. The van der Waals surface area contributed by atoms with Gasteiger partial charge in [0, 0.05) is 50.9 Å². The molecule has 2 aromatic heterocycles. The highest BCUT2D eigenvalue weighted by atomic mass is 16.2. The van der Waals surface area contributed by atoms with Crippen LogP contribution in [0.25, 0.3) is 11.3 Å². The third-order valence-corrected chi connectivity index (χ3v) is 4.42. The molecule has 3 aromatic rings. The zero-order valence-electron chi connectivity index (χ0n) is 15.9. The molecule has 2 heterocycles. The monoisotopic (exact) mass is 362 g/mol. The number of aromatic nitrogens is 4. The van der Waals surface area contributed by atoms with Crippen molar-refractivity contribution in [2.24, 2.45) is 0 Å². The number of nitrogens with zero attached hydrogens (tertiary/aromatic N) is 6. The fourth-order valence-electron chi connectivity index (χ4n) is 2.79. The first-order chi connectivity index (χ1) is 13.0. The molecule has 1 unspecified atom stereocenters. The summed E-state index contributed by atoms with van der Waals surface area (Å²) in [6.07, 6.45) is 6.47. The van der Waals surface area contributed by atoms with Gasteiger partial charge in [-0.15, -0.1) is 0 Å². The van der Waals surface area contributed by atoms with Crippen LogP contribution in [0.4, 0.5) is 5.82 Å². The lowest BCUT2D eigenvalue weighted by Gasteiger charge is -2.24. The molecule has 0 radical (unpaired) electrons. The Balaban J connectivity index is 1.91. The molecule has 0 aliphatic heterocycles. The van der Waals surface area contributed by atoms with Gasteiger partial charge in [-0.3, -0.25) is 9.78 Å². The van der Waals surface area contributed by atoms with E-state index in [-0.39, 0.29) is 11.9 Å². The van der Waals surface area contributed by atoms with Crippen LogP contribution in [-0.4, -0.2) is 51.9 Å². The molecular weight excluding hydrogens is 340 g/mol. The molecule has 0 N–H and O–H groups in total. The van der Waals surface area contributed by atoms with Gasteiger partial charge in [-0.1, -0.05) is 12.1 Å². The van der Waals surface area contributed by atoms with Crippen molar-refractivity contribution in [3.05, 3.63) is 66.5 Å². The van der Waals surface area contributed by atoms with E-state index < -0.39 is 0 Å². The largest absolute Gasteiger partial charge is 0.361 e. The second-order valence-corrected chi connectivity index (χ2v) is 6.43. The number of hydrogen-bond acceptors (Lipinski definition) is 6. The molecule has 7 nitrogen and oxygen atoms in total. The molecule has 1 atom stereocenters. The van der Waals surface area contributed by atoms with Gasteiger partial charge in [0.25, 0.3) is 5.91 Å². The van der Waals surface area contributed by atoms with Gasteiger partial charge in [0.05, 0.1) is 11.7 Å². The summed E-state index contributed by atoms with van der Waals surface area (Å²) in [6, 6.07) is 9.09. The summed E-state index contributed by atoms with van der Waals surface area (Å²) >= 11 is 0. The molecule has 7 heteroatoms. The van der Waals surface area contributed by atoms with Crippen molar-refractivity contribution in [1.82, 2.24) is 24.8 Å². The smallest absolute Gasteiger partial charge is 0.254 e. The molecule has 0 fully saturated rings. The molecule has 1 amide bonds. The van der Waals surface area contributed by atoms with Gasteiger partial charge in [-0.25, -0.2) is 15.0 Å². The average Bonchev–Trinajstić information content (AvgIpc) is 2.72. The van der Waals surface area contributed by atoms with E-state index in [9.17, 15) is 4.79 Å². The molecule has 0 aliphatic carbocycles. The fourth-order valence-corrected chi connectivity index (χ4v) is 2.79. The molecule has 0 bridgehead atoms. The van der Waals surface area contributed by atoms with E-state index in [0.29, 0.717) is 5.56 Å². The first-order valence-electron chi connectivity index (χ1n) is 8.61. The minimum atomic E-state index is -0.169. The molecule has 1 aromatic carbocycles. The van der Waals surface area contributed by atoms with Crippen LogP contribution in [0.15, 0.2) is 55.2 Å². The predicted octanol–water partition coefficient (Wildman–Crippen LogP) is 2.83. The summed E-state index contributed by atoms with van der Waals surface area (Å²) in [5.74, 6) is 0.670. The van der Waals surface area contributed by atoms with Crippen LogP contribution < -0.4 is 4.90 Å². The lowest BCUT2D eigenvalue weighted by molar-refractivity contribution is 0.0739. The van der Waals surface area contributed by atoms with Crippen LogP contribution in [0.1, 0.15) is 29.0 Å². The molecule has 0 aliphatic rings. The van der Waals surface area contributed by atoms with Crippen molar-refractivity contribution in [1.29, 1.82) is 0 Å². The first kappa shape index (κ1) is 18.4. The Kier molecular flexibility index (Phi) is 5.40. The zero-order chi connectivity index (χ0) is 19.4. The SMILES string of the molecule is CC(c1ccncn1)N(C)C(=O)c1cccc(-c2nccnc2N(C)C)c1. The normalized spacial score (nSPS) is 11.7. The molecule has 3 rings (SSSR count). The van der Waals surface area contributed by atoms with Gasteiger partial charge in [0.15, 0.2) is 5.82 Å². The molecule has 0 saturated heterocycles. The Morgan fingerprint density at radius 2 is 1.78 bits per heavy atom. The highest BCUT2D eigenvalue weighted by molar-refractivity contribution is 5.95. The number of benzene rings is 1. The van der Waals surface area contributed by atoms with Gasteiger partial charge in [0.2, 0.25) is 0 Å². The Morgan fingerprint density at radius 1 is 1.00 bits per heavy atom. The van der Waals surface area contributed by atoms with Crippen LogP contribution in [0, 0.1) is 0 Å². The standard InChI is InChI=1S/C20H22N6O/c1-14(17-8-9-21-13-24-17)26(4)20(27)16-7-5-6-15(12-16)18-19(25(2)3)23-11-10-22-18/h5-14H,1-4H3. The van der Waals surface area contributed by atoms with Crippen LogP contribution in [0.5, 0.6) is 0 Å². The van der Waals surface area contributed by atoms with E-state index >= 15 is 0 Å². The third-order valence-electron chi connectivity index (χ3n) is 4.42. The van der Waals surface area contributed by atoms with Crippen molar-refractivity contribution >= 4 is 11.7 Å². The number of rotatable bonds is 5. The molecule has 138 valence electrons. The van der Waals surface area contributed by atoms with Gasteiger partial charge < -0.3 is 9.80 Å². The van der Waals surface area contributed by atoms with Crippen molar-refractivity contribution in [2.75, 3.05) is 26.0 Å². The van der Waals surface area contributed by atoms with Crippen LogP contribution in [0.3, 0.4) is 0 Å².